The van der Waals surface area contributed by atoms with Crippen molar-refractivity contribution < 1.29 is 0 Å². The minimum Gasteiger partial charge on any atom is -0.198 e. The van der Waals surface area contributed by atoms with Gasteiger partial charge in [0.2, 0.25) is 0 Å². The molecule has 2 aliphatic rings. The maximum absolute atomic E-state index is 9.85. The molecule has 0 aromatic heterocycles. The van der Waals surface area contributed by atoms with E-state index in [1.165, 1.54) is 95.5 Å². The number of nitriles is 1. The zero-order chi connectivity index (χ0) is 20.5. The fourth-order valence-corrected chi connectivity index (χ4v) is 6.07. The van der Waals surface area contributed by atoms with Gasteiger partial charge in [0.15, 0.2) is 0 Å². The lowest BCUT2D eigenvalue weighted by Crippen LogP contribution is -2.24. The van der Waals surface area contributed by atoms with Gasteiger partial charge in [0.1, 0.15) is 0 Å². The number of rotatable bonds is 9. The summed E-state index contributed by atoms with van der Waals surface area (Å²) >= 11 is 0. The second kappa shape index (κ2) is 11.8. The third-order valence-electron chi connectivity index (χ3n) is 8.03. The molecule has 0 spiro atoms. The Balaban J connectivity index is 1.43. The first-order valence-electron chi connectivity index (χ1n) is 12.7. The van der Waals surface area contributed by atoms with Crippen molar-refractivity contribution in [3.8, 4) is 6.07 Å². The van der Waals surface area contributed by atoms with Crippen LogP contribution in [0, 0.1) is 35.0 Å². The van der Waals surface area contributed by atoms with Crippen LogP contribution in [0.4, 0.5) is 0 Å². The van der Waals surface area contributed by atoms with Gasteiger partial charge in [0.05, 0.1) is 6.07 Å². The van der Waals surface area contributed by atoms with Crippen molar-refractivity contribution in [2.75, 3.05) is 0 Å². The zero-order valence-corrected chi connectivity index (χ0v) is 19.0. The lowest BCUT2D eigenvalue weighted by Gasteiger charge is -2.34. The smallest absolute Gasteiger partial charge is 0.0658 e. The van der Waals surface area contributed by atoms with Crippen LogP contribution in [-0.4, -0.2) is 0 Å². The molecule has 0 radical (unpaired) electrons. The monoisotopic (exact) mass is 393 g/mol. The Morgan fingerprint density at radius 1 is 0.862 bits per heavy atom. The lowest BCUT2D eigenvalue weighted by molar-refractivity contribution is 0.189. The van der Waals surface area contributed by atoms with Gasteiger partial charge in [-0.25, -0.2) is 0 Å². The maximum Gasteiger partial charge on any atom is 0.0658 e. The highest BCUT2D eigenvalue weighted by Gasteiger charge is 2.31. The van der Waals surface area contributed by atoms with Crippen LogP contribution >= 0.6 is 0 Å². The SMILES string of the molecule is CCCCc1ccc(C2CCC(CC(C#N)C3CCC(CCC)CC3)CC2)cc1. The van der Waals surface area contributed by atoms with Crippen molar-refractivity contribution in [2.24, 2.45) is 23.7 Å². The van der Waals surface area contributed by atoms with E-state index in [0.717, 1.165) is 17.8 Å². The van der Waals surface area contributed by atoms with E-state index >= 15 is 0 Å². The average molecular weight is 394 g/mol. The summed E-state index contributed by atoms with van der Waals surface area (Å²) in [5, 5.41) is 9.85. The molecule has 1 atom stereocenters. The van der Waals surface area contributed by atoms with Gasteiger partial charge in [-0.3, -0.25) is 0 Å². The summed E-state index contributed by atoms with van der Waals surface area (Å²) in [5.41, 5.74) is 3.05. The highest BCUT2D eigenvalue weighted by molar-refractivity contribution is 5.26. The van der Waals surface area contributed by atoms with Crippen molar-refractivity contribution in [2.45, 2.75) is 110 Å². The number of nitrogens with zero attached hydrogens (tertiary/aromatic N) is 1. The minimum atomic E-state index is 0.317. The van der Waals surface area contributed by atoms with E-state index in [1.54, 1.807) is 5.56 Å². The van der Waals surface area contributed by atoms with E-state index in [4.69, 9.17) is 0 Å². The van der Waals surface area contributed by atoms with Gasteiger partial charge in [-0.05, 0) is 92.6 Å². The highest BCUT2D eigenvalue weighted by Crippen LogP contribution is 2.42. The van der Waals surface area contributed by atoms with Gasteiger partial charge >= 0.3 is 0 Å². The number of hydrogen-bond donors (Lipinski definition) is 0. The van der Waals surface area contributed by atoms with Crippen LogP contribution in [0.1, 0.15) is 114 Å². The van der Waals surface area contributed by atoms with Crippen LogP contribution in [0.15, 0.2) is 24.3 Å². The predicted octanol–water partition coefficient (Wildman–Crippen LogP) is 8.44. The Hall–Kier alpha value is -1.29. The molecule has 0 N–H and O–H groups in total. The zero-order valence-electron chi connectivity index (χ0n) is 19.0. The van der Waals surface area contributed by atoms with Crippen molar-refractivity contribution in [1.29, 1.82) is 5.26 Å². The molecule has 2 saturated carbocycles. The molecule has 3 rings (SSSR count). The third kappa shape index (κ3) is 6.60. The molecule has 1 aromatic rings. The third-order valence-corrected chi connectivity index (χ3v) is 8.03. The Morgan fingerprint density at radius 3 is 2.10 bits per heavy atom. The Bertz CT molecular complexity index is 609. The molecule has 1 heteroatoms. The van der Waals surface area contributed by atoms with E-state index in [2.05, 4.69) is 44.2 Å². The number of aryl methyl sites for hydroxylation is 1. The minimum absolute atomic E-state index is 0.317. The summed E-state index contributed by atoms with van der Waals surface area (Å²) < 4.78 is 0. The molecule has 0 amide bonds. The Kier molecular flexibility index (Phi) is 9.10. The van der Waals surface area contributed by atoms with Crippen molar-refractivity contribution >= 4 is 0 Å². The summed E-state index contributed by atoms with van der Waals surface area (Å²) in [5.74, 6) is 3.47. The van der Waals surface area contributed by atoms with Crippen LogP contribution in [0.5, 0.6) is 0 Å². The van der Waals surface area contributed by atoms with Crippen molar-refractivity contribution in [3.63, 3.8) is 0 Å². The first-order valence-corrected chi connectivity index (χ1v) is 12.7. The quantitative estimate of drug-likeness (QED) is 0.413. The molecule has 0 bridgehead atoms. The molecular weight excluding hydrogens is 350 g/mol. The van der Waals surface area contributed by atoms with Crippen molar-refractivity contribution in [1.82, 2.24) is 0 Å². The van der Waals surface area contributed by atoms with Crippen LogP contribution in [0.2, 0.25) is 0 Å². The normalized spacial score (nSPS) is 28.6. The summed E-state index contributed by atoms with van der Waals surface area (Å²) in [4.78, 5) is 0. The summed E-state index contributed by atoms with van der Waals surface area (Å²) in [7, 11) is 0. The van der Waals surface area contributed by atoms with E-state index in [0.29, 0.717) is 11.8 Å². The van der Waals surface area contributed by atoms with Gasteiger partial charge in [-0.1, -0.05) is 70.2 Å². The number of benzene rings is 1. The number of unbranched alkanes of at least 4 members (excludes halogenated alkanes) is 1. The first kappa shape index (κ1) is 22.4. The fraction of sp³-hybridized carbons (Fsp3) is 0.750. The first-order chi connectivity index (χ1) is 14.2. The largest absolute Gasteiger partial charge is 0.198 e. The van der Waals surface area contributed by atoms with E-state index in [9.17, 15) is 5.26 Å². The molecular formula is C28H43N. The highest BCUT2D eigenvalue weighted by atomic mass is 14.4. The van der Waals surface area contributed by atoms with Crippen LogP contribution in [0.25, 0.3) is 0 Å². The van der Waals surface area contributed by atoms with Gasteiger partial charge in [0, 0.05) is 5.92 Å². The topological polar surface area (TPSA) is 23.8 Å². The van der Waals surface area contributed by atoms with Crippen LogP contribution < -0.4 is 0 Å². The fourth-order valence-electron chi connectivity index (χ4n) is 6.07. The van der Waals surface area contributed by atoms with E-state index in [-0.39, 0.29) is 0 Å². The molecule has 0 saturated heterocycles. The van der Waals surface area contributed by atoms with Gasteiger partial charge in [-0.2, -0.15) is 5.26 Å². The summed E-state index contributed by atoms with van der Waals surface area (Å²) in [6, 6.07) is 12.2. The second-order valence-corrected chi connectivity index (χ2v) is 10.1. The molecule has 0 heterocycles. The summed E-state index contributed by atoms with van der Waals surface area (Å²) in [6.45, 7) is 4.57. The summed E-state index contributed by atoms with van der Waals surface area (Å²) in [6.07, 6.45) is 18.3. The van der Waals surface area contributed by atoms with E-state index in [1.807, 2.05) is 0 Å². The maximum atomic E-state index is 9.85. The van der Waals surface area contributed by atoms with Gasteiger partial charge < -0.3 is 0 Å². The standard InChI is InChI=1S/C28H43N/c1-3-5-7-23-10-14-25(15-11-23)26-18-12-24(13-19-26)20-28(21-29)27-16-8-22(6-4-2)9-17-27/h10-11,14-15,22,24,26-28H,3-9,12-13,16-20H2,1-2H3. The lowest BCUT2D eigenvalue weighted by atomic mass is 9.70. The molecule has 160 valence electrons. The molecule has 29 heavy (non-hydrogen) atoms. The van der Waals surface area contributed by atoms with Gasteiger partial charge in [0.25, 0.3) is 0 Å². The van der Waals surface area contributed by atoms with E-state index < -0.39 is 0 Å². The van der Waals surface area contributed by atoms with Crippen LogP contribution in [0.3, 0.4) is 0 Å². The van der Waals surface area contributed by atoms with Gasteiger partial charge in [-0.15, -0.1) is 0 Å². The number of hydrogen-bond acceptors (Lipinski definition) is 1. The molecule has 0 aliphatic heterocycles. The molecule has 2 fully saturated rings. The molecule has 1 unspecified atom stereocenters. The van der Waals surface area contributed by atoms with Crippen molar-refractivity contribution in [3.05, 3.63) is 35.4 Å². The molecule has 2 aliphatic carbocycles. The predicted molar refractivity (Wildman–Crippen MR) is 124 cm³/mol. The average Bonchev–Trinajstić information content (AvgIpc) is 2.78. The molecule has 1 nitrogen and oxygen atoms in total. The Morgan fingerprint density at radius 2 is 1.52 bits per heavy atom. The second-order valence-electron chi connectivity index (χ2n) is 10.1. The Labute approximate surface area is 180 Å². The molecule has 1 aromatic carbocycles. The van der Waals surface area contributed by atoms with Crippen LogP contribution in [-0.2, 0) is 6.42 Å².